The molecule has 32 heavy (non-hydrogen) atoms. The zero-order valence-corrected chi connectivity index (χ0v) is 18.9. The van der Waals surface area contributed by atoms with Crippen LogP contribution in [0.5, 0.6) is 0 Å². The number of ketones is 1. The lowest BCUT2D eigenvalue weighted by molar-refractivity contribution is 0.0969. The van der Waals surface area contributed by atoms with E-state index in [9.17, 15) is 4.79 Å². The second kappa shape index (κ2) is 10.5. The minimum absolute atomic E-state index is 0.0729. The number of aryl methyl sites for hydroxylation is 1. The monoisotopic (exact) mass is 429 g/mol. The number of nitrogens with one attached hydrogen (secondary N) is 1. The van der Waals surface area contributed by atoms with Crippen molar-refractivity contribution in [2.75, 3.05) is 13.1 Å². The number of unbranched alkanes of at least 4 members (excludes halogenated alkanes) is 1. The first-order chi connectivity index (χ1) is 15.6. The number of carbonyl (C=O) groups excluding carboxylic acids is 1. The van der Waals surface area contributed by atoms with Crippen molar-refractivity contribution in [2.45, 2.75) is 46.1 Å². The summed E-state index contributed by atoms with van der Waals surface area (Å²) in [4.78, 5) is 31.8. The highest BCUT2D eigenvalue weighted by molar-refractivity contribution is 5.95. The highest BCUT2D eigenvalue weighted by Crippen LogP contribution is 2.16. The van der Waals surface area contributed by atoms with Gasteiger partial charge in [-0.2, -0.15) is 0 Å². The molecule has 6 heteroatoms. The smallest absolute Gasteiger partial charge is 0.198 e. The standard InChI is InChI=1S/C26H31N5O/c1-19-9-7-14-27-23(19)17-31(18-24-20(2)10-8-15-28-24)16-6-5-13-25(32)26-29-21-11-3-4-12-22(21)30-26/h3-4,7-9,11-12,14-15,20H,5-6,10,13,16-18H2,1-2H3,(H,29,30). The van der Waals surface area contributed by atoms with Gasteiger partial charge in [0, 0.05) is 37.6 Å². The first-order valence-corrected chi connectivity index (χ1v) is 11.4. The van der Waals surface area contributed by atoms with Gasteiger partial charge in [-0.3, -0.25) is 19.7 Å². The van der Waals surface area contributed by atoms with Crippen LogP contribution in [0.15, 0.2) is 59.9 Å². The third-order valence-corrected chi connectivity index (χ3v) is 6.06. The van der Waals surface area contributed by atoms with Gasteiger partial charge in [0.25, 0.3) is 0 Å². The molecule has 0 saturated heterocycles. The summed E-state index contributed by atoms with van der Waals surface area (Å²) in [6, 6.07) is 11.8. The third kappa shape index (κ3) is 5.56. The van der Waals surface area contributed by atoms with Gasteiger partial charge in [-0.25, -0.2) is 4.98 Å². The molecule has 0 amide bonds. The van der Waals surface area contributed by atoms with E-state index < -0.39 is 0 Å². The fourth-order valence-corrected chi connectivity index (χ4v) is 4.04. The molecule has 1 N–H and O–H groups in total. The van der Waals surface area contributed by atoms with Crippen LogP contribution in [-0.4, -0.2) is 44.4 Å². The number of aromatic amines is 1. The maximum atomic E-state index is 12.6. The Kier molecular flexibility index (Phi) is 7.22. The first kappa shape index (κ1) is 22.1. The molecule has 0 aliphatic carbocycles. The number of nitrogens with zero attached hydrogens (tertiary/aromatic N) is 4. The molecule has 0 spiro atoms. The van der Waals surface area contributed by atoms with Crippen LogP contribution in [0.3, 0.4) is 0 Å². The third-order valence-electron chi connectivity index (χ3n) is 6.06. The summed E-state index contributed by atoms with van der Waals surface area (Å²) in [6.07, 6.45) is 9.22. The van der Waals surface area contributed by atoms with E-state index in [0.717, 1.165) is 55.6 Å². The Bertz CT molecular complexity index is 1100. The van der Waals surface area contributed by atoms with Crippen LogP contribution in [-0.2, 0) is 6.54 Å². The van der Waals surface area contributed by atoms with E-state index in [4.69, 9.17) is 0 Å². The largest absolute Gasteiger partial charge is 0.335 e. The van der Waals surface area contributed by atoms with Crippen LogP contribution in [0.2, 0.25) is 0 Å². The van der Waals surface area contributed by atoms with Crippen LogP contribution >= 0.6 is 0 Å². The van der Waals surface area contributed by atoms with Crippen LogP contribution in [0.25, 0.3) is 11.0 Å². The summed E-state index contributed by atoms with van der Waals surface area (Å²) in [7, 11) is 0. The maximum Gasteiger partial charge on any atom is 0.198 e. The molecule has 0 bridgehead atoms. The Labute approximate surface area is 189 Å². The van der Waals surface area contributed by atoms with Crippen LogP contribution in [0, 0.1) is 12.8 Å². The maximum absolute atomic E-state index is 12.6. The zero-order valence-electron chi connectivity index (χ0n) is 18.9. The van der Waals surface area contributed by atoms with E-state index in [1.165, 1.54) is 11.3 Å². The number of pyridine rings is 1. The van der Waals surface area contributed by atoms with E-state index >= 15 is 0 Å². The molecular formula is C26H31N5O. The number of fused-ring (bicyclic) bond motifs is 1. The number of aliphatic imine (C=N–C) groups is 1. The van der Waals surface area contributed by atoms with Gasteiger partial charge in [0.2, 0.25) is 0 Å². The molecular weight excluding hydrogens is 398 g/mol. The van der Waals surface area contributed by atoms with Crippen LogP contribution < -0.4 is 0 Å². The number of Topliss-reactive ketones (excluding diaryl/α,β-unsaturated/α-hetero) is 1. The SMILES string of the molecule is Cc1cccnc1CN(CCCCC(=O)c1nc2ccccc2[nH]1)CC1=NC=CCC1C. The van der Waals surface area contributed by atoms with Crippen LogP contribution in [0.4, 0.5) is 0 Å². The summed E-state index contributed by atoms with van der Waals surface area (Å²) >= 11 is 0. The van der Waals surface area contributed by atoms with Gasteiger partial charge in [0.05, 0.1) is 16.7 Å². The fraction of sp³-hybridized carbons (Fsp3) is 0.385. The van der Waals surface area contributed by atoms with Gasteiger partial charge in [0.1, 0.15) is 0 Å². The number of para-hydroxylation sites is 2. The zero-order chi connectivity index (χ0) is 22.3. The Balaban J connectivity index is 1.35. The van der Waals surface area contributed by atoms with Crippen molar-refractivity contribution in [1.29, 1.82) is 0 Å². The molecule has 1 aliphatic heterocycles. The van der Waals surface area contributed by atoms with E-state index in [-0.39, 0.29) is 5.78 Å². The quantitative estimate of drug-likeness (QED) is 0.359. The molecule has 1 aromatic carbocycles. The Morgan fingerprint density at radius 2 is 2.03 bits per heavy atom. The van der Waals surface area contributed by atoms with E-state index in [1.807, 2.05) is 42.7 Å². The Hall–Kier alpha value is -3.12. The van der Waals surface area contributed by atoms with Crippen molar-refractivity contribution in [3.63, 3.8) is 0 Å². The topological polar surface area (TPSA) is 74.2 Å². The minimum atomic E-state index is 0.0729. The minimum Gasteiger partial charge on any atom is -0.335 e. The van der Waals surface area contributed by atoms with E-state index in [1.54, 1.807) is 0 Å². The van der Waals surface area contributed by atoms with Crippen molar-refractivity contribution in [2.24, 2.45) is 10.9 Å². The summed E-state index contributed by atoms with van der Waals surface area (Å²) in [5.74, 6) is 0.995. The number of benzene rings is 1. The second-order valence-corrected chi connectivity index (χ2v) is 8.60. The number of hydrogen-bond donors (Lipinski definition) is 1. The molecule has 3 aromatic rings. The lowest BCUT2D eigenvalue weighted by atomic mass is 9.99. The summed E-state index contributed by atoms with van der Waals surface area (Å²) in [6.45, 7) is 6.87. The van der Waals surface area contributed by atoms with Gasteiger partial charge in [-0.1, -0.05) is 31.2 Å². The van der Waals surface area contributed by atoms with Gasteiger partial charge < -0.3 is 4.98 Å². The molecule has 4 rings (SSSR count). The van der Waals surface area contributed by atoms with Gasteiger partial charge >= 0.3 is 0 Å². The van der Waals surface area contributed by atoms with Gasteiger partial charge in [-0.05, 0) is 62.4 Å². The summed E-state index contributed by atoms with van der Waals surface area (Å²) in [5.41, 5.74) is 5.27. The summed E-state index contributed by atoms with van der Waals surface area (Å²) in [5, 5.41) is 0. The number of aromatic nitrogens is 3. The Morgan fingerprint density at radius 1 is 1.16 bits per heavy atom. The van der Waals surface area contributed by atoms with E-state index in [0.29, 0.717) is 18.2 Å². The number of imidazole rings is 1. The van der Waals surface area contributed by atoms with Crippen molar-refractivity contribution in [3.05, 3.63) is 72.0 Å². The Morgan fingerprint density at radius 3 is 2.84 bits per heavy atom. The average Bonchev–Trinajstić information content (AvgIpc) is 3.24. The molecule has 1 aliphatic rings. The number of hydrogen-bond acceptors (Lipinski definition) is 5. The number of rotatable bonds is 10. The fourth-order valence-electron chi connectivity index (χ4n) is 4.04. The van der Waals surface area contributed by atoms with Gasteiger partial charge in [0.15, 0.2) is 11.6 Å². The molecule has 1 atom stereocenters. The number of H-pyrrole nitrogens is 1. The molecule has 166 valence electrons. The normalized spacial score (nSPS) is 16.0. The number of carbonyl (C=O) groups is 1. The first-order valence-electron chi connectivity index (χ1n) is 11.4. The van der Waals surface area contributed by atoms with Gasteiger partial charge in [-0.15, -0.1) is 0 Å². The average molecular weight is 430 g/mol. The van der Waals surface area contributed by atoms with Crippen molar-refractivity contribution in [1.82, 2.24) is 19.9 Å². The predicted octanol–water partition coefficient (Wildman–Crippen LogP) is 5.12. The molecule has 1 unspecified atom stereocenters. The molecule has 3 heterocycles. The van der Waals surface area contributed by atoms with E-state index in [2.05, 4.69) is 50.8 Å². The second-order valence-electron chi connectivity index (χ2n) is 8.60. The lowest BCUT2D eigenvalue weighted by Crippen LogP contribution is -2.34. The lowest BCUT2D eigenvalue weighted by Gasteiger charge is -2.26. The summed E-state index contributed by atoms with van der Waals surface area (Å²) < 4.78 is 0. The molecule has 6 nitrogen and oxygen atoms in total. The van der Waals surface area contributed by atoms with Crippen molar-refractivity contribution < 1.29 is 4.79 Å². The van der Waals surface area contributed by atoms with Crippen molar-refractivity contribution in [3.8, 4) is 0 Å². The molecule has 2 aromatic heterocycles. The molecule has 0 fully saturated rings. The van der Waals surface area contributed by atoms with Crippen molar-refractivity contribution >= 4 is 22.5 Å². The molecule has 0 saturated carbocycles. The highest BCUT2D eigenvalue weighted by atomic mass is 16.1. The number of allylic oxidation sites excluding steroid dienone is 1. The highest BCUT2D eigenvalue weighted by Gasteiger charge is 2.18. The van der Waals surface area contributed by atoms with Crippen LogP contribution in [0.1, 0.15) is 54.5 Å². The molecule has 0 radical (unpaired) electrons. The predicted molar refractivity (Wildman–Crippen MR) is 129 cm³/mol.